The number of aliphatic hydroxyl groups excluding tert-OH is 1. The summed E-state index contributed by atoms with van der Waals surface area (Å²) in [4.78, 5) is 4.42. The van der Waals surface area contributed by atoms with E-state index in [1.54, 1.807) is 11.6 Å². The van der Waals surface area contributed by atoms with E-state index < -0.39 is 6.10 Å². The van der Waals surface area contributed by atoms with Gasteiger partial charge in [-0.25, -0.2) is 0 Å². The fourth-order valence-electron chi connectivity index (χ4n) is 0.594. The van der Waals surface area contributed by atoms with Crippen LogP contribution in [0, 0.1) is 11.3 Å². The summed E-state index contributed by atoms with van der Waals surface area (Å²) in [5, 5.41) is 17.7. The molecule has 1 atom stereocenters. The van der Waals surface area contributed by atoms with Crippen LogP contribution in [0.1, 0.15) is 11.0 Å². The predicted octanol–water partition coefficient (Wildman–Crippen LogP) is 1.26. The first-order chi connectivity index (χ1) is 5.25. The summed E-state index contributed by atoms with van der Waals surface area (Å²) in [6.07, 6.45) is 0.644. The van der Waals surface area contributed by atoms with Gasteiger partial charge in [0.2, 0.25) is 0 Å². The first kappa shape index (κ1) is 7.92. The molecular weight excluding hydrogens is 160 g/mol. The van der Waals surface area contributed by atoms with Crippen molar-refractivity contribution in [1.29, 1.82) is 5.26 Å². The van der Waals surface area contributed by atoms with Crippen molar-refractivity contribution < 1.29 is 5.11 Å². The van der Waals surface area contributed by atoms with Crippen LogP contribution in [0.2, 0.25) is 0 Å². The van der Waals surface area contributed by atoms with E-state index in [0.717, 1.165) is 0 Å². The maximum atomic E-state index is 9.33. The Morgan fingerprint density at radius 2 is 2.64 bits per heavy atom. The van der Waals surface area contributed by atoms with Crippen molar-refractivity contribution in [2.75, 3.05) is 0 Å². The average molecular weight is 166 g/mol. The molecule has 0 saturated carbocycles. The highest BCUT2D eigenvalue weighted by Crippen LogP contribution is 2.22. The monoisotopic (exact) mass is 166 g/mol. The maximum Gasteiger partial charge on any atom is 0.124 e. The van der Waals surface area contributed by atoms with Gasteiger partial charge in [-0.3, -0.25) is 4.98 Å². The number of nitrogens with zero attached hydrogens (tertiary/aromatic N) is 2. The minimum Gasteiger partial charge on any atom is -0.382 e. The number of hydrogen-bond donors (Lipinski definition) is 1. The zero-order valence-electron chi connectivity index (χ0n) is 5.69. The average Bonchev–Trinajstić information content (AvgIpc) is 2.53. The van der Waals surface area contributed by atoms with Crippen molar-refractivity contribution in [3.8, 4) is 6.07 Å². The third-order valence-electron chi connectivity index (χ3n) is 1.19. The number of rotatable bonds is 2. The standard InChI is InChI=1S/C7H6N2OS/c1-5(2-8)7(10)6-3-9-4-11-6/h3-4,7,10H,1H2. The van der Waals surface area contributed by atoms with E-state index in [1.807, 2.05) is 0 Å². The van der Waals surface area contributed by atoms with Crippen LogP contribution in [-0.4, -0.2) is 10.1 Å². The molecule has 1 N–H and O–H groups in total. The van der Waals surface area contributed by atoms with Crippen molar-refractivity contribution in [2.24, 2.45) is 0 Å². The maximum absolute atomic E-state index is 9.33. The summed E-state index contributed by atoms with van der Waals surface area (Å²) in [5.41, 5.74) is 1.75. The first-order valence-electron chi connectivity index (χ1n) is 2.91. The Balaban J connectivity index is 2.80. The molecule has 1 rings (SSSR count). The van der Waals surface area contributed by atoms with E-state index in [4.69, 9.17) is 5.26 Å². The van der Waals surface area contributed by atoms with E-state index >= 15 is 0 Å². The summed E-state index contributed by atoms with van der Waals surface area (Å²) >= 11 is 1.30. The summed E-state index contributed by atoms with van der Waals surface area (Å²) < 4.78 is 0. The molecule has 0 aromatic carbocycles. The van der Waals surface area contributed by atoms with Gasteiger partial charge in [0.1, 0.15) is 6.10 Å². The summed E-state index contributed by atoms with van der Waals surface area (Å²) in [5.74, 6) is 0. The molecule has 0 saturated heterocycles. The Labute approximate surface area is 68.2 Å². The topological polar surface area (TPSA) is 56.9 Å². The van der Waals surface area contributed by atoms with E-state index in [1.165, 1.54) is 17.5 Å². The van der Waals surface area contributed by atoms with Gasteiger partial charge in [0.15, 0.2) is 0 Å². The highest BCUT2D eigenvalue weighted by Gasteiger charge is 2.11. The molecule has 1 aromatic heterocycles. The Morgan fingerprint density at radius 3 is 3.09 bits per heavy atom. The molecule has 0 spiro atoms. The summed E-state index contributed by atoms with van der Waals surface area (Å²) in [6, 6.07) is 1.79. The number of thiazole rings is 1. The third-order valence-corrected chi connectivity index (χ3v) is 2.02. The van der Waals surface area contributed by atoms with Crippen LogP contribution in [-0.2, 0) is 0 Å². The van der Waals surface area contributed by atoms with Gasteiger partial charge in [-0.2, -0.15) is 5.26 Å². The fraction of sp³-hybridized carbons (Fsp3) is 0.143. The number of nitriles is 1. The first-order valence-corrected chi connectivity index (χ1v) is 3.79. The fourth-order valence-corrected chi connectivity index (χ4v) is 1.23. The van der Waals surface area contributed by atoms with E-state index in [9.17, 15) is 5.11 Å². The summed E-state index contributed by atoms with van der Waals surface area (Å²) in [7, 11) is 0. The Bertz CT molecular complexity index is 286. The predicted molar refractivity (Wildman–Crippen MR) is 41.8 cm³/mol. The van der Waals surface area contributed by atoms with E-state index in [2.05, 4.69) is 11.6 Å². The molecule has 0 bridgehead atoms. The van der Waals surface area contributed by atoms with E-state index in [0.29, 0.717) is 4.88 Å². The Kier molecular flexibility index (Phi) is 2.36. The minimum atomic E-state index is -0.882. The normalized spacial score (nSPS) is 12.0. The van der Waals surface area contributed by atoms with Crippen molar-refractivity contribution in [1.82, 2.24) is 4.98 Å². The number of aliphatic hydroxyl groups is 1. The largest absolute Gasteiger partial charge is 0.382 e. The molecule has 56 valence electrons. The molecule has 4 heteroatoms. The molecule has 1 unspecified atom stereocenters. The highest BCUT2D eigenvalue weighted by molar-refractivity contribution is 7.09. The molecule has 0 fully saturated rings. The van der Waals surface area contributed by atoms with Gasteiger partial charge < -0.3 is 5.11 Å². The smallest absolute Gasteiger partial charge is 0.124 e. The molecule has 0 aliphatic heterocycles. The highest BCUT2D eigenvalue weighted by atomic mass is 32.1. The van der Waals surface area contributed by atoms with Crippen LogP contribution < -0.4 is 0 Å². The second kappa shape index (κ2) is 3.28. The van der Waals surface area contributed by atoms with Crippen LogP contribution in [0.15, 0.2) is 23.9 Å². The Morgan fingerprint density at radius 1 is 1.91 bits per heavy atom. The van der Waals surface area contributed by atoms with Gasteiger partial charge in [0, 0.05) is 6.20 Å². The molecule has 0 aliphatic carbocycles. The lowest BCUT2D eigenvalue weighted by atomic mass is 10.2. The molecule has 3 nitrogen and oxygen atoms in total. The van der Waals surface area contributed by atoms with Gasteiger partial charge in [0.05, 0.1) is 22.0 Å². The van der Waals surface area contributed by atoms with Crippen LogP contribution in [0.4, 0.5) is 0 Å². The lowest BCUT2D eigenvalue weighted by Gasteiger charge is -2.02. The molecular formula is C7H6N2OS. The molecule has 0 radical (unpaired) electrons. The van der Waals surface area contributed by atoms with Gasteiger partial charge >= 0.3 is 0 Å². The van der Waals surface area contributed by atoms with Crippen molar-refractivity contribution >= 4 is 11.3 Å². The van der Waals surface area contributed by atoms with Crippen molar-refractivity contribution in [3.05, 3.63) is 28.7 Å². The van der Waals surface area contributed by atoms with Crippen LogP contribution in [0.3, 0.4) is 0 Å². The van der Waals surface area contributed by atoms with Crippen LogP contribution >= 0.6 is 11.3 Å². The lowest BCUT2D eigenvalue weighted by Crippen LogP contribution is -1.95. The quantitative estimate of drug-likeness (QED) is 0.673. The zero-order valence-corrected chi connectivity index (χ0v) is 6.51. The second-order valence-corrected chi connectivity index (χ2v) is 2.86. The molecule has 0 aliphatic rings. The van der Waals surface area contributed by atoms with Gasteiger partial charge in [-0.05, 0) is 0 Å². The SMILES string of the molecule is C=C(C#N)C(O)c1cncs1. The lowest BCUT2D eigenvalue weighted by molar-refractivity contribution is 0.224. The van der Waals surface area contributed by atoms with Crippen molar-refractivity contribution in [2.45, 2.75) is 6.10 Å². The number of aromatic nitrogens is 1. The van der Waals surface area contributed by atoms with Gasteiger partial charge in [-0.15, -0.1) is 11.3 Å². The third kappa shape index (κ3) is 1.64. The van der Waals surface area contributed by atoms with Crippen molar-refractivity contribution in [3.63, 3.8) is 0 Å². The molecule has 0 amide bonds. The number of hydrogen-bond acceptors (Lipinski definition) is 4. The van der Waals surface area contributed by atoms with E-state index in [-0.39, 0.29) is 5.57 Å². The Hall–Kier alpha value is -1.18. The summed E-state index contributed by atoms with van der Waals surface area (Å²) in [6.45, 7) is 3.40. The van der Waals surface area contributed by atoms with Gasteiger partial charge in [0.25, 0.3) is 0 Å². The van der Waals surface area contributed by atoms with Crippen LogP contribution in [0.25, 0.3) is 0 Å². The molecule has 1 heterocycles. The molecule has 11 heavy (non-hydrogen) atoms. The van der Waals surface area contributed by atoms with Crippen LogP contribution in [0.5, 0.6) is 0 Å². The minimum absolute atomic E-state index is 0.147. The zero-order chi connectivity index (χ0) is 8.27. The van der Waals surface area contributed by atoms with Gasteiger partial charge in [-0.1, -0.05) is 6.58 Å². The second-order valence-electron chi connectivity index (χ2n) is 1.94. The molecule has 1 aromatic rings.